The molecule has 44 valence electrons. The summed E-state index contributed by atoms with van der Waals surface area (Å²) in [6.07, 6.45) is 3.62. The molecule has 2 radical (unpaired) electrons. The number of hydrogen-bond donors (Lipinski definition) is 1. The summed E-state index contributed by atoms with van der Waals surface area (Å²) in [6, 6.07) is 0.699. The van der Waals surface area contributed by atoms with Crippen LogP contribution in [0.1, 0.15) is 19.3 Å². The van der Waals surface area contributed by atoms with Crippen LogP contribution in [-0.4, -0.2) is 20.9 Å². The second kappa shape index (κ2) is 2.54. The van der Waals surface area contributed by atoms with Crippen molar-refractivity contribution in [2.75, 3.05) is 7.05 Å². The highest BCUT2D eigenvalue weighted by molar-refractivity contribution is 6.11. The monoisotopic (exact) mass is 109 g/mol. The third kappa shape index (κ3) is 1.25. The molecule has 0 unspecified atom stereocenters. The summed E-state index contributed by atoms with van der Waals surface area (Å²) in [5, 5.41) is 3.21. The smallest absolute Gasteiger partial charge is 0.0700 e. The highest BCUT2D eigenvalue weighted by Gasteiger charge is 2.18. The molecular formula is C6H12BN. The lowest BCUT2D eigenvalue weighted by Gasteiger charge is -2.05. The van der Waals surface area contributed by atoms with E-state index in [0.717, 1.165) is 6.42 Å². The number of rotatable bonds is 1. The van der Waals surface area contributed by atoms with E-state index in [0.29, 0.717) is 11.9 Å². The molecule has 0 aromatic carbocycles. The van der Waals surface area contributed by atoms with Gasteiger partial charge in [-0.25, -0.2) is 0 Å². The Morgan fingerprint density at radius 3 is 2.50 bits per heavy atom. The normalized spacial score (nSPS) is 38.1. The molecule has 8 heavy (non-hydrogen) atoms. The van der Waals surface area contributed by atoms with Crippen LogP contribution in [0, 0.1) is 0 Å². The summed E-state index contributed by atoms with van der Waals surface area (Å²) in [7, 11) is 7.66. The molecule has 2 heteroatoms. The van der Waals surface area contributed by atoms with Crippen molar-refractivity contribution in [1.29, 1.82) is 0 Å². The Morgan fingerprint density at radius 1 is 1.50 bits per heavy atom. The lowest BCUT2D eigenvalue weighted by Crippen LogP contribution is -2.20. The molecule has 0 aromatic heterocycles. The average Bonchev–Trinajstić information content (AvgIpc) is 2.14. The third-order valence-electron chi connectivity index (χ3n) is 1.88. The summed E-state index contributed by atoms with van der Waals surface area (Å²) in [5.74, 6) is 0.465. The maximum absolute atomic E-state index is 5.66. The molecule has 1 aliphatic carbocycles. The molecule has 0 aromatic rings. The predicted molar refractivity (Wildman–Crippen MR) is 36.2 cm³/mol. The quantitative estimate of drug-likeness (QED) is 0.489. The first-order valence-electron chi connectivity index (χ1n) is 3.26. The molecular weight excluding hydrogens is 96.9 g/mol. The summed E-state index contributed by atoms with van der Waals surface area (Å²) in [5.41, 5.74) is 0. The molecule has 1 nitrogen and oxygen atoms in total. The zero-order valence-corrected chi connectivity index (χ0v) is 5.35. The van der Waals surface area contributed by atoms with Gasteiger partial charge in [-0.2, -0.15) is 0 Å². The molecule has 0 aliphatic heterocycles. The molecule has 1 saturated carbocycles. The Hall–Kier alpha value is 0.0249. The van der Waals surface area contributed by atoms with Crippen LogP contribution in [0.2, 0.25) is 5.82 Å². The van der Waals surface area contributed by atoms with Crippen molar-refractivity contribution in [3.05, 3.63) is 0 Å². The fourth-order valence-corrected chi connectivity index (χ4v) is 1.28. The van der Waals surface area contributed by atoms with Gasteiger partial charge in [-0.3, -0.25) is 0 Å². The second-order valence-corrected chi connectivity index (χ2v) is 2.56. The third-order valence-corrected chi connectivity index (χ3v) is 1.88. The van der Waals surface area contributed by atoms with Crippen molar-refractivity contribution in [3.8, 4) is 0 Å². The fourth-order valence-electron chi connectivity index (χ4n) is 1.28. The first-order chi connectivity index (χ1) is 3.83. The van der Waals surface area contributed by atoms with Crippen molar-refractivity contribution in [3.63, 3.8) is 0 Å². The maximum atomic E-state index is 5.66. The zero-order valence-electron chi connectivity index (χ0n) is 5.35. The topological polar surface area (TPSA) is 12.0 Å². The lowest BCUT2D eigenvalue weighted by atomic mass is 9.86. The second-order valence-electron chi connectivity index (χ2n) is 2.56. The summed E-state index contributed by atoms with van der Waals surface area (Å²) in [4.78, 5) is 0. The van der Waals surface area contributed by atoms with E-state index in [1.54, 1.807) is 0 Å². The maximum Gasteiger partial charge on any atom is 0.0700 e. The first-order valence-corrected chi connectivity index (χ1v) is 3.26. The van der Waals surface area contributed by atoms with Crippen molar-refractivity contribution in [2.24, 2.45) is 0 Å². The van der Waals surface area contributed by atoms with Crippen LogP contribution in [0.4, 0.5) is 0 Å². The largest absolute Gasteiger partial charge is 0.317 e. The standard InChI is InChI=1S/C6H12BN/c1-8-6-3-2-5(7)4-6/h5-6,8H,2-4H2,1H3/t5-,6+/m0/s1. The van der Waals surface area contributed by atoms with E-state index in [9.17, 15) is 0 Å². The van der Waals surface area contributed by atoms with Gasteiger partial charge in [-0.05, 0) is 19.9 Å². The van der Waals surface area contributed by atoms with Crippen molar-refractivity contribution in [1.82, 2.24) is 5.32 Å². The number of nitrogens with one attached hydrogen (secondary N) is 1. The van der Waals surface area contributed by atoms with E-state index in [-0.39, 0.29) is 0 Å². The molecule has 1 N–H and O–H groups in total. The van der Waals surface area contributed by atoms with Gasteiger partial charge in [0.15, 0.2) is 0 Å². The average molecular weight is 109 g/mol. The van der Waals surface area contributed by atoms with Gasteiger partial charge in [-0.15, -0.1) is 0 Å². The minimum absolute atomic E-state index is 0.465. The van der Waals surface area contributed by atoms with E-state index in [1.165, 1.54) is 12.8 Å². The van der Waals surface area contributed by atoms with E-state index in [1.807, 2.05) is 7.05 Å². The van der Waals surface area contributed by atoms with Gasteiger partial charge in [0.25, 0.3) is 0 Å². The van der Waals surface area contributed by atoms with Gasteiger partial charge in [0.1, 0.15) is 0 Å². The van der Waals surface area contributed by atoms with Crippen LogP contribution in [0.3, 0.4) is 0 Å². The summed E-state index contributed by atoms with van der Waals surface area (Å²) < 4.78 is 0. The molecule has 0 saturated heterocycles. The molecule has 0 spiro atoms. The molecule has 0 amide bonds. The van der Waals surface area contributed by atoms with Crippen molar-refractivity contribution >= 4 is 7.85 Å². The van der Waals surface area contributed by atoms with Crippen molar-refractivity contribution < 1.29 is 0 Å². The molecule has 2 atom stereocenters. The van der Waals surface area contributed by atoms with Crippen LogP contribution < -0.4 is 5.32 Å². The Labute approximate surface area is 52.3 Å². The Balaban J connectivity index is 2.22. The van der Waals surface area contributed by atoms with Crippen LogP contribution in [-0.2, 0) is 0 Å². The van der Waals surface area contributed by atoms with Gasteiger partial charge >= 0.3 is 0 Å². The van der Waals surface area contributed by atoms with Crippen LogP contribution in [0.5, 0.6) is 0 Å². The Bertz CT molecular complexity index is 74.9. The molecule has 1 rings (SSSR count). The fraction of sp³-hybridized carbons (Fsp3) is 1.00. The van der Waals surface area contributed by atoms with E-state index in [2.05, 4.69) is 5.32 Å². The minimum Gasteiger partial charge on any atom is -0.317 e. The molecule has 0 heterocycles. The zero-order chi connectivity index (χ0) is 5.98. The molecule has 1 aliphatic rings. The highest BCUT2D eigenvalue weighted by Crippen LogP contribution is 2.26. The van der Waals surface area contributed by atoms with Gasteiger partial charge in [0.05, 0.1) is 7.85 Å². The van der Waals surface area contributed by atoms with Crippen molar-refractivity contribution in [2.45, 2.75) is 31.1 Å². The summed E-state index contributed by atoms with van der Waals surface area (Å²) >= 11 is 0. The van der Waals surface area contributed by atoms with E-state index >= 15 is 0 Å². The minimum atomic E-state index is 0.465. The van der Waals surface area contributed by atoms with Gasteiger partial charge < -0.3 is 5.32 Å². The van der Waals surface area contributed by atoms with Gasteiger partial charge in [-0.1, -0.05) is 12.2 Å². The Morgan fingerprint density at radius 2 is 2.25 bits per heavy atom. The SMILES string of the molecule is [B][C@H]1CC[C@@H](NC)C1. The summed E-state index contributed by atoms with van der Waals surface area (Å²) in [6.45, 7) is 0. The van der Waals surface area contributed by atoms with Crippen LogP contribution in [0.25, 0.3) is 0 Å². The van der Waals surface area contributed by atoms with E-state index in [4.69, 9.17) is 7.85 Å². The Kier molecular flexibility index (Phi) is 1.95. The highest BCUT2D eigenvalue weighted by atomic mass is 14.9. The van der Waals surface area contributed by atoms with Crippen LogP contribution >= 0.6 is 0 Å². The number of hydrogen-bond acceptors (Lipinski definition) is 1. The first kappa shape index (κ1) is 6.15. The van der Waals surface area contributed by atoms with E-state index < -0.39 is 0 Å². The molecule has 0 bridgehead atoms. The lowest BCUT2D eigenvalue weighted by molar-refractivity contribution is 0.582. The van der Waals surface area contributed by atoms with Gasteiger partial charge in [0, 0.05) is 6.04 Å². The van der Waals surface area contributed by atoms with Gasteiger partial charge in [0.2, 0.25) is 0 Å². The van der Waals surface area contributed by atoms with Crippen LogP contribution in [0.15, 0.2) is 0 Å². The predicted octanol–water partition coefficient (Wildman–Crippen LogP) is 0.715. The molecule has 1 fully saturated rings.